The minimum Gasteiger partial charge on any atom is -0.375 e. The lowest BCUT2D eigenvalue weighted by Gasteiger charge is -2.24. The molecule has 0 radical (unpaired) electrons. The number of carbonyl (C=O) groups excluding carboxylic acids is 1. The summed E-state index contributed by atoms with van der Waals surface area (Å²) in [6.07, 6.45) is 3.20. The molecule has 1 aromatic carbocycles. The molecule has 3 N–H and O–H groups in total. The molecular formula is C18H22N4OS. The normalized spacial score (nSPS) is 26.4. The maximum atomic E-state index is 12.8. The van der Waals surface area contributed by atoms with Crippen LogP contribution in [0.25, 0.3) is 0 Å². The third-order valence-corrected chi connectivity index (χ3v) is 5.94. The Morgan fingerprint density at radius 1 is 1.38 bits per heavy atom. The molecule has 0 aliphatic carbocycles. The number of nitrogens with zero attached hydrogens (tertiary/aromatic N) is 2. The number of rotatable bonds is 4. The topological polar surface area (TPSA) is 71.2 Å². The van der Waals surface area contributed by atoms with Gasteiger partial charge in [-0.2, -0.15) is 0 Å². The van der Waals surface area contributed by atoms with Gasteiger partial charge in [0.2, 0.25) is 5.91 Å². The van der Waals surface area contributed by atoms with Crippen molar-refractivity contribution in [1.29, 1.82) is 0 Å². The Morgan fingerprint density at radius 3 is 2.96 bits per heavy atom. The Balaban J connectivity index is 1.46. The third-order valence-electron chi connectivity index (χ3n) is 5.22. The van der Waals surface area contributed by atoms with Crippen LogP contribution in [0.5, 0.6) is 0 Å². The lowest BCUT2D eigenvalue weighted by molar-refractivity contribution is -0.125. The van der Waals surface area contributed by atoms with Crippen molar-refractivity contribution in [2.24, 2.45) is 5.92 Å². The van der Waals surface area contributed by atoms with Gasteiger partial charge in [0.05, 0.1) is 18.2 Å². The van der Waals surface area contributed by atoms with Crippen molar-refractivity contribution >= 4 is 22.4 Å². The molecule has 6 heteroatoms. The molecule has 2 fully saturated rings. The summed E-state index contributed by atoms with van der Waals surface area (Å²) in [5.41, 5.74) is 7.81. The molecule has 0 unspecified atom stereocenters. The number of nitrogens with two attached hydrogens (primary N) is 1. The van der Waals surface area contributed by atoms with Gasteiger partial charge in [-0.25, -0.2) is 4.98 Å². The van der Waals surface area contributed by atoms with Crippen molar-refractivity contribution in [1.82, 2.24) is 15.2 Å². The Kier molecular flexibility index (Phi) is 4.24. The molecule has 126 valence electrons. The Labute approximate surface area is 145 Å². The van der Waals surface area contributed by atoms with E-state index in [0.29, 0.717) is 23.8 Å². The van der Waals surface area contributed by atoms with E-state index in [9.17, 15) is 4.79 Å². The maximum absolute atomic E-state index is 12.8. The van der Waals surface area contributed by atoms with Crippen LogP contribution in [-0.4, -0.2) is 28.4 Å². The average Bonchev–Trinajstić information content (AvgIpc) is 3.29. The molecule has 0 bridgehead atoms. The van der Waals surface area contributed by atoms with E-state index in [0.717, 1.165) is 25.1 Å². The molecule has 2 aliphatic rings. The van der Waals surface area contributed by atoms with Crippen LogP contribution in [0.2, 0.25) is 0 Å². The van der Waals surface area contributed by atoms with Gasteiger partial charge < -0.3 is 11.1 Å². The predicted molar refractivity (Wildman–Crippen MR) is 95.4 cm³/mol. The van der Waals surface area contributed by atoms with Gasteiger partial charge in [-0.3, -0.25) is 9.69 Å². The molecule has 3 heterocycles. The number of thiazole rings is 1. The summed E-state index contributed by atoms with van der Waals surface area (Å²) >= 11 is 1.41. The first-order valence-corrected chi connectivity index (χ1v) is 9.38. The minimum atomic E-state index is 0.0636. The number of hydrogen-bond acceptors (Lipinski definition) is 5. The van der Waals surface area contributed by atoms with Crippen molar-refractivity contribution in [3.63, 3.8) is 0 Å². The van der Waals surface area contributed by atoms with E-state index >= 15 is 0 Å². The number of amides is 1. The highest BCUT2D eigenvalue weighted by Crippen LogP contribution is 2.44. The second kappa shape index (κ2) is 6.53. The zero-order valence-corrected chi connectivity index (χ0v) is 14.3. The number of benzene rings is 1. The first-order chi connectivity index (χ1) is 11.7. The van der Waals surface area contributed by atoms with Crippen LogP contribution in [-0.2, 0) is 11.3 Å². The van der Waals surface area contributed by atoms with E-state index in [2.05, 4.69) is 39.5 Å². The van der Waals surface area contributed by atoms with Gasteiger partial charge in [-0.1, -0.05) is 30.3 Å². The zero-order valence-electron chi connectivity index (χ0n) is 13.5. The first kappa shape index (κ1) is 15.6. The minimum absolute atomic E-state index is 0.0636. The highest BCUT2D eigenvalue weighted by atomic mass is 32.1. The number of nitrogens with one attached hydrogen (secondary N) is 1. The SMILES string of the molecule is Nc1nc(CNC(=O)[C@@H]2C[C@H](c3ccccc3)N3CCC[C@@H]23)cs1. The molecule has 3 atom stereocenters. The van der Waals surface area contributed by atoms with Gasteiger partial charge >= 0.3 is 0 Å². The van der Waals surface area contributed by atoms with Crippen LogP contribution in [0.1, 0.15) is 36.6 Å². The second-order valence-electron chi connectivity index (χ2n) is 6.61. The van der Waals surface area contributed by atoms with Gasteiger partial charge in [-0.15, -0.1) is 11.3 Å². The highest BCUT2D eigenvalue weighted by Gasteiger charge is 2.46. The van der Waals surface area contributed by atoms with Crippen molar-refractivity contribution in [3.05, 3.63) is 47.0 Å². The highest BCUT2D eigenvalue weighted by molar-refractivity contribution is 7.13. The van der Waals surface area contributed by atoms with Crippen molar-refractivity contribution in [2.45, 2.75) is 37.9 Å². The van der Waals surface area contributed by atoms with Crippen LogP contribution in [0.3, 0.4) is 0 Å². The van der Waals surface area contributed by atoms with E-state index in [4.69, 9.17) is 5.73 Å². The average molecular weight is 342 g/mol. The molecule has 1 aromatic heterocycles. The fourth-order valence-electron chi connectivity index (χ4n) is 4.16. The van der Waals surface area contributed by atoms with E-state index < -0.39 is 0 Å². The maximum Gasteiger partial charge on any atom is 0.225 e. The smallest absolute Gasteiger partial charge is 0.225 e. The summed E-state index contributed by atoms with van der Waals surface area (Å²) < 4.78 is 0. The molecule has 1 amide bonds. The number of anilines is 1. The number of aromatic nitrogens is 1. The third kappa shape index (κ3) is 2.91. The predicted octanol–water partition coefficient (Wildman–Crippen LogP) is 2.57. The summed E-state index contributed by atoms with van der Waals surface area (Å²) in [4.78, 5) is 19.5. The summed E-state index contributed by atoms with van der Waals surface area (Å²) in [5, 5.41) is 5.51. The molecule has 2 aromatic rings. The number of fused-ring (bicyclic) bond motifs is 1. The fraction of sp³-hybridized carbons (Fsp3) is 0.444. The van der Waals surface area contributed by atoms with Crippen LogP contribution in [0, 0.1) is 5.92 Å². The summed E-state index contributed by atoms with van der Waals surface area (Å²) in [6.45, 7) is 1.56. The summed E-state index contributed by atoms with van der Waals surface area (Å²) in [5.74, 6) is 0.214. The summed E-state index contributed by atoms with van der Waals surface area (Å²) in [6, 6.07) is 11.3. The second-order valence-corrected chi connectivity index (χ2v) is 7.50. The molecule has 5 nitrogen and oxygen atoms in total. The Hall–Kier alpha value is -1.92. The lowest BCUT2D eigenvalue weighted by atomic mass is 9.93. The largest absolute Gasteiger partial charge is 0.375 e. The van der Waals surface area contributed by atoms with E-state index in [1.807, 2.05) is 11.4 Å². The van der Waals surface area contributed by atoms with Crippen molar-refractivity contribution < 1.29 is 4.79 Å². The molecule has 2 saturated heterocycles. The molecule has 4 rings (SSSR count). The summed E-state index contributed by atoms with van der Waals surface area (Å²) in [7, 11) is 0. The molecule has 24 heavy (non-hydrogen) atoms. The molecular weight excluding hydrogens is 320 g/mol. The Morgan fingerprint density at radius 2 is 2.21 bits per heavy atom. The zero-order chi connectivity index (χ0) is 16.5. The van der Waals surface area contributed by atoms with Crippen LogP contribution in [0.4, 0.5) is 5.13 Å². The van der Waals surface area contributed by atoms with Gasteiger partial charge in [0.1, 0.15) is 0 Å². The van der Waals surface area contributed by atoms with Crippen LogP contribution < -0.4 is 11.1 Å². The van der Waals surface area contributed by atoms with E-state index in [1.165, 1.54) is 23.3 Å². The quantitative estimate of drug-likeness (QED) is 0.896. The monoisotopic (exact) mass is 342 g/mol. The van der Waals surface area contributed by atoms with Crippen molar-refractivity contribution in [3.8, 4) is 0 Å². The fourth-order valence-corrected chi connectivity index (χ4v) is 4.73. The van der Waals surface area contributed by atoms with Crippen LogP contribution >= 0.6 is 11.3 Å². The molecule has 2 aliphatic heterocycles. The van der Waals surface area contributed by atoms with Gasteiger partial charge in [0, 0.05) is 17.5 Å². The number of carbonyl (C=O) groups is 1. The molecule has 0 spiro atoms. The van der Waals surface area contributed by atoms with E-state index in [1.54, 1.807) is 0 Å². The van der Waals surface area contributed by atoms with Gasteiger partial charge in [-0.05, 0) is 31.4 Å². The van der Waals surface area contributed by atoms with Gasteiger partial charge in [0.25, 0.3) is 0 Å². The van der Waals surface area contributed by atoms with E-state index in [-0.39, 0.29) is 11.8 Å². The first-order valence-electron chi connectivity index (χ1n) is 8.50. The van der Waals surface area contributed by atoms with Gasteiger partial charge in [0.15, 0.2) is 5.13 Å². The van der Waals surface area contributed by atoms with Crippen molar-refractivity contribution in [2.75, 3.05) is 12.3 Å². The number of nitrogen functional groups attached to an aromatic ring is 1. The Bertz CT molecular complexity index is 717. The standard InChI is InChI=1S/C18H22N4OS/c19-18-21-13(11-24-18)10-20-17(23)14-9-16(12-5-2-1-3-6-12)22-8-4-7-15(14)22/h1-3,5-6,11,14-16H,4,7-10H2,(H2,19,21)(H,20,23)/t14-,15+,16-/m1/s1. The number of hydrogen-bond donors (Lipinski definition) is 2. The van der Waals surface area contributed by atoms with Crippen LogP contribution in [0.15, 0.2) is 35.7 Å². The lowest BCUT2D eigenvalue weighted by Crippen LogP contribution is -2.37. The molecule has 0 saturated carbocycles.